The fourth-order valence-electron chi connectivity index (χ4n) is 2.16. The van der Waals surface area contributed by atoms with Crippen molar-refractivity contribution in [2.75, 3.05) is 0 Å². The van der Waals surface area contributed by atoms with E-state index in [1.807, 2.05) is 79.4 Å². The normalized spacial score (nSPS) is 10.0. The van der Waals surface area contributed by atoms with Gasteiger partial charge in [-0.1, -0.05) is 66.2 Å². The van der Waals surface area contributed by atoms with Gasteiger partial charge in [0.1, 0.15) is 0 Å². The van der Waals surface area contributed by atoms with Crippen molar-refractivity contribution < 1.29 is 4.79 Å². The smallest absolute Gasteiger partial charge is 0.247 e. The number of carbonyl (C=O) groups excluding carboxylic acids is 1. The predicted octanol–water partition coefficient (Wildman–Crippen LogP) is 4.18. The zero-order valence-corrected chi connectivity index (χ0v) is 12.6. The maximum atomic E-state index is 12.4. The summed E-state index contributed by atoms with van der Waals surface area (Å²) in [6.07, 6.45) is 1.70. The van der Waals surface area contributed by atoms with E-state index in [-0.39, 0.29) is 5.91 Å². The van der Waals surface area contributed by atoms with E-state index < -0.39 is 0 Å². The number of amides is 1. The van der Waals surface area contributed by atoms with Gasteiger partial charge in [0.25, 0.3) is 0 Å². The molecule has 2 aromatic carbocycles. The van der Waals surface area contributed by atoms with Gasteiger partial charge < -0.3 is 4.90 Å². The number of benzene rings is 2. The number of allylic oxidation sites excluding steroid dienone is 1. The van der Waals surface area contributed by atoms with Gasteiger partial charge in [-0.05, 0) is 25.0 Å². The molecular weight excluding hydrogens is 258 g/mol. The van der Waals surface area contributed by atoms with Crippen molar-refractivity contribution in [2.24, 2.45) is 0 Å². The summed E-state index contributed by atoms with van der Waals surface area (Å²) in [4.78, 5) is 14.3. The van der Waals surface area contributed by atoms with Crippen molar-refractivity contribution in [3.63, 3.8) is 0 Å². The second-order valence-corrected chi connectivity index (χ2v) is 5.39. The fourth-order valence-corrected chi connectivity index (χ4v) is 2.16. The van der Waals surface area contributed by atoms with Crippen LogP contribution in [0.25, 0.3) is 0 Å². The van der Waals surface area contributed by atoms with Crippen molar-refractivity contribution in [3.8, 4) is 0 Å². The second kappa shape index (κ2) is 7.44. The molecule has 2 rings (SSSR count). The molecule has 0 bridgehead atoms. The molecule has 0 spiro atoms. The number of hydrogen-bond acceptors (Lipinski definition) is 1. The first-order valence-corrected chi connectivity index (χ1v) is 7.17. The minimum Gasteiger partial charge on any atom is -0.331 e. The highest BCUT2D eigenvalue weighted by atomic mass is 16.2. The van der Waals surface area contributed by atoms with Crippen molar-refractivity contribution in [3.05, 3.63) is 83.4 Å². The lowest BCUT2D eigenvalue weighted by molar-refractivity contribution is -0.127. The maximum absolute atomic E-state index is 12.4. The molecule has 0 heterocycles. The lowest BCUT2D eigenvalue weighted by atomic mass is 10.1. The third-order valence-electron chi connectivity index (χ3n) is 3.16. The monoisotopic (exact) mass is 279 g/mol. The van der Waals surface area contributed by atoms with Crippen LogP contribution in [0.5, 0.6) is 0 Å². The van der Waals surface area contributed by atoms with E-state index in [9.17, 15) is 4.79 Å². The molecule has 21 heavy (non-hydrogen) atoms. The molecule has 2 aromatic rings. The van der Waals surface area contributed by atoms with E-state index >= 15 is 0 Å². The van der Waals surface area contributed by atoms with E-state index in [0.717, 1.165) is 16.7 Å². The molecule has 0 aliphatic heterocycles. The van der Waals surface area contributed by atoms with E-state index in [0.29, 0.717) is 13.1 Å². The molecular formula is C19H21NO. The average molecular weight is 279 g/mol. The Labute approximate surface area is 126 Å². The molecule has 0 saturated heterocycles. The molecule has 0 atom stereocenters. The minimum absolute atomic E-state index is 0.0581. The van der Waals surface area contributed by atoms with Gasteiger partial charge in [-0.15, -0.1) is 0 Å². The Kier molecular flexibility index (Phi) is 5.33. The van der Waals surface area contributed by atoms with Crippen LogP contribution < -0.4 is 0 Å². The number of hydrogen-bond donors (Lipinski definition) is 0. The third-order valence-corrected chi connectivity index (χ3v) is 3.16. The third kappa shape index (κ3) is 4.92. The van der Waals surface area contributed by atoms with E-state index in [1.165, 1.54) is 0 Å². The van der Waals surface area contributed by atoms with Gasteiger partial charge in [-0.3, -0.25) is 4.79 Å². The second-order valence-electron chi connectivity index (χ2n) is 5.39. The van der Waals surface area contributed by atoms with E-state index in [1.54, 1.807) is 6.08 Å². The summed E-state index contributed by atoms with van der Waals surface area (Å²) >= 11 is 0. The predicted molar refractivity (Wildman–Crippen MR) is 86.6 cm³/mol. The summed E-state index contributed by atoms with van der Waals surface area (Å²) < 4.78 is 0. The summed E-state index contributed by atoms with van der Waals surface area (Å²) in [5.74, 6) is 0.0581. The number of carbonyl (C=O) groups is 1. The van der Waals surface area contributed by atoms with E-state index in [2.05, 4.69) is 0 Å². The first-order chi connectivity index (χ1) is 10.1. The molecule has 0 fully saturated rings. The summed E-state index contributed by atoms with van der Waals surface area (Å²) in [5, 5.41) is 0. The van der Waals surface area contributed by atoms with Gasteiger partial charge in [0.2, 0.25) is 5.91 Å². The molecule has 0 saturated carbocycles. The molecule has 0 aromatic heterocycles. The highest BCUT2D eigenvalue weighted by Gasteiger charge is 2.12. The number of rotatable bonds is 5. The Morgan fingerprint density at radius 3 is 1.67 bits per heavy atom. The Morgan fingerprint density at radius 2 is 1.29 bits per heavy atom. The van der Waals surface area contributed by atoms with Crippen molar-refractivity contribution >= 4 is 5.91 Å². The van der Waals surface area contributed by atoms with Gasteiger partial charge in [0.05, 0.1) is 0 Å². The van der Waals surface area contributed by atoms with Crippen LogP contribution in [0.15, 0.2) is 72.3 Å². The van der Waals surface area contributed by atoms with Gasteiger partial charge in [-0.25, -0.2) is 0 Å². The van der Waals surface area contributed by atoms with E-state index in [4.69, 9.17) is 0 Å². The lowest BCUT2D eigenvalue weighted by Crippen LogP contribution is -2.28. The molecule has 0 aliphatic rings. The average Bonchev–Trinajstić information content (AvgIpc) is 2.48. The Hall–Kier alpha value is -2.35. The van der Waals surface area contributed by atoms with Gasteiger partial charge in [-0.2, -0.15) is 0 Å². The van der Waals surface area contributed by atoms with Gasteiger partial charge in [0, 0.05) is 19.2 Å². The summed E-state index contributed by atoms with van der Waals surface area (Å²) in [6.45, 7) is 5.14. The van der Waals surface area contributed by atoms with Crippen molar-refractivity contribution in [1.29, 1.82) is 0 Å². The molecule has 2 nitrogen and oxygen atoms in total. The van der Waals surface area contributed by atoms with Crippen LogP contribution in [0, 0.1) is 0 Å². The molecule has 0 N–H and O–H groups in total. The first-order valence-electron chi connectivity index (χ1n) is 7.17. The standard InChI is InChI=1S/C19H21NO/c1-16(2)13-19(21)20(14-17-9-5-3-6-10-17)15-18-11-7-4-8-12-18/h3-13H,14-15H2,1-2H3. The molecule has 2 heteroatoms. The van der Waals surface area contributed by atoms with Crippen LogP contribution in [-0.4, -0.2) is 10.8 Å². The van der Waals surface area contributed by atoms with Crippen molar-refractivity contribution in [1.82, 2.24) is 4.90 Å². The minimum atomic E-state index is 0.0581. The zero-order chi connectivity index (χ0) is 15.1. The van der Waals surface area contributed by atoms with Crippen molar-refractivity contribution in [2.45, 2.75) is 26.9 Å². The molecule has 0 radical (unpaired) electrons. The number of nitrogens with zero attached hydrogens (tertiary/aromatic N) is 1. The first kappa shape index (κ1) is 15.0. The highest BCUT2D eigenvalue weighted by molar-refractivity contribution is 5.88. The topological polar surface area (TPSA) is 20.3 Å². The highest BCUT2D eigenvalue weighted by Crippen LogP contribution is 2.11. The quantitative estimate of drug-likeness (QED) is 0.752. The largest absolute Gasteiger partial charge is 0.331 e. The molecule has 108 valence electrons. The summed E-state index contributed by atoms with van der Waals surface area (Å²) in [6, 6.07) is 20.2. The van der Waals surface area contributed by atoms with Crippen LogP contribution in [0.3, 0.4) is 0 Å². The molecule has 0 unspecified atom stereocenters. The SMILES string of the molecule is CC(C)=CC(=O)N(Cc1ccccc1)Cc1ccccc1. The Bertz CT molecular complexity index is 556. The summed E-state index contributed by atoms with van der Waals surface area (Å²) in [7, 11) is 0. The molecule has 1 amide bonds. The molecule has 0 aliphatic carbocycles. The lowest BCUT2D eigenvalue weighted by Gasteiger charge is -2.22. The van der Waals surface area contributed by atoms with Gasteiger partial charge >= 0.3 is 0 Å². The van der Waals surface area contributed by atoms with Gasteiger partial charge in [0.15, 0.2) is 0 Å². The summed E-state index contributed by atoms with van der Waals surface area (Å²) in [5.41, 5.74) is 3.30. The van der Waals surface area contributed by atoms with Crippen LogP contribution in [0.2, 0.25) is 0 Å². The zero-order valence-electron chi connectivity index (χ0n) is 12.6. The fraction of sp³-hybridized carbons (Fsp3) is 0.211. The Balaban J connectivity index is 2.18. The van der Waals surface area contributed by atoms with Crippen LogP contribution in [0.4, 0.5) is 0 Å². The van der Waals surface area contributed by atoms with Crippen LogP contribution in [-0.2, 0) is 17.9 Å². The maximum Gasteiger partial charge on any atom is 0.247 e. The van der Waals surface area contributed by atoms with Crippen LogP contribution >= 0.6 is 0 Å². The Morgan fingerprint density at radius 1 is 0.857 bits per heavy atom. The van der Waals surface area contributed by atoms with Crippen LogP contribution in [0.1, 0.15) is 25.0 Å².